The van der Waals surface area contributed by atoms with Crippen LogP contribution in [0.2, 0.25) is 0 Å². The Kier molecular flexibility index (Phi) is 8.57. The van der Waals surface area contributed by atoms with Gasteiger partial charge in [-0.05, 0) is 108 Å². The smallest absolute Gasteiger partial charge is 0.0819 e. The van der Waals surface area contributed by atoms with Crippen LogP contribution in [0, 0.1) is 0 Å². The molecule has 1 atom stereocenters. The molecule has 1 heterocycles. The summed E-state index contributed by atoms with van der Waals surface area (Å²) in [6.07, 6.45) is 13.2. The van der Waals surface area contributed by atoms with Crippen molar-refractivity contribution in [3.05, 3.63) is 262 Å². The molecule has 9 aromatic rings. The van der Waals surface area contributed by atoms with Crippen molar-refractivity contribution in [1.82, 2.24) is 0 Å². The average molecular weight is 795 g/mol. The van der Waals surface area contributed by atoms with Gasteiger partial charge in [0.1, 0.15) is 0 Å². The van der Waals surface area contributed by atoms with E-state index in [2.05, 4.69) is 225 Å². The highest BCUT2D eigenvalue weighted by atomic mass is 32.1. The third-order valence-electron chi connectivity index (χ3n) is 13.3. The summed E-state index contributed by atoms with van der Waals surface area (Å²) >= 11 is 1.97. The normalized spacial score (nSPS) is 15.5. The summed E-state index contributed by atoms with van der Waals surface area (Å²) in [7, 11) is 0. The fourth-order valence-corrected chi connectivity index (χ4v) is 11.9. The lowest BCUT2D eigenvalue weighted by Gasteiger charge is -2.29. The largest absolute Gasteiger partial charge is 0.138 e. The molecule has 1 aromatic heterocycles. The predicted octanol–water partition coefficient (Wildman–Crippen LogP) is 16.0. The highest BCUT2D eigenvalue weighted by Gasteiger charge is 2.53. The van der Waals surface area contributed by atoms with E-state index in [0.717, 1.165) is 12.8 Å². The van der Waals surface area contributed by atoms with Crippen LogP contribution in [-0.2, 0) is 11.8 Å². The van der Waals surface area contributed by atoms with E-state index in [1.165, 1.54) is 104 Å². The highest BCUT2D eigenvalue weighted by Crippen LogP contribution is 2.66. The Morgan fingerprint density at radius 3 is 1.93 bits per heavy atom. The minimum absolute atomic E-state index is 0.365. The molecule has 0 N–H and O–H groups in total. The first kappa shape index (κ1) is 35.8. The molecule has 8 aromatic carbocycles. The first-order valence-electron chi connectivity index (χ1n) is 21.5. The number of thiophene rings is 1. The molecular weight excluding hydrogens is 753 g/mol. The summed E-state index contributed by atoms with van der Waals surface area (Å²) < 4.78 is 1.34. The van der Waals surface area contributed by atoms with Gasteiger partial charge in [0.2, 0.25) is 0 Å². The van der Waals surface area contributed by atoms with Crippen molar-refractivity contribution in [2.45, 2.75) is 24.2 Å². The van der Waals surface area contributed by atoms with Gasteiger partial charge in [-0.25, -0.2) is 0 Å². The SMILES string of the molecule is C1=CCC(c2ccc(C/C(=C/c3ccc(-c4ccccc4)cc3)c3ccc4c(c3)-c3c(sc5ccccc35)C43c4ccccc4-c4ccccc43)c(-c3ccccc3)c2)C=C1. The molecule has 0 amide bonds. The lowest BCUT2D eigenvalue weighted by molar-refractivity contribution is 0.811. The molecule has 3 aliphatic rings. The summed E-state index contributed by atoms with van der Waals surface area (Å²) in [5.41, 5.74) is 20.7. The van der Waals surface area contributed by atoms with Gasteiger partial charge in [0.15, 0.2) is 0 Å². The van der Waals surface area contributed by atoms with Crippen LogP contribution >= 0.6 is 11.3 Å². The second-order valence-electron chi connectivity index (χ2n) is 16.7. The van der Waals surface area contributed by atoms with Crippen molar-refractivity contribution in [2.24, 2.45) is 0 Å². The first-order valence-corrected chi connectivity index (χ1v) is 22.3. The van der Waals surface area contributed by atoms with E-state index in [9.17, 15) is 0 Å². The number of rotatable bonds is 7. The molecular formula is C60H42S. The number of benzene rings is 8. The molecule has 1 unspecified atom stereocenters. The van der Waals surface area contributed by atoms with E-state index in [1.807, 2.05) is 11.3 Å². The van der Waals surface area contributed by atoms with Crippen molar-refractivity contribution in [2.75, 3.05) is 0 Å². The Balaban J connectivity index is 1.06. The van der Waals surface area contributed by atoms with E-state index in [-0.39, 0.29) is 5.41 Å². The standard InChI is InChI=1S/C60H42S/c1-4-16-41(17-5-1)43-30-28-40(29-31-43)36-48(37-47-33-32-45(42-18-6-2-7-19-42)38-52(47)44-20-8-3-9-21-44)46-34-35-56-53(39-46)58-51-24-12-15-27-57(51)61-59(58)60(56)54-25-13-10-22-49(54)50-23-11-14-26-55(50)60/h1-18,20-36,38-39,42H,19,37H2/b48-36-. The molecule has 0 saturated carbocycles. The topological polar surface area (TPSA) is 0 Å². The van der Waals surface area contributed by atoms with Crippen LogP contribution < -0.4 is 0 Å². The zero-order chi connectivity index (χ0) is 40.3. The summed E-state index contributed by atoms with van der Waals surface area (Å²) in [5.74, 6) is 0.379. The van der Waals surface area contributed by atoms with Crippen molar-refractivity contribution in [3.63, 3.8) is 0 Å². The molecule has 1 spiro atoms. The molecule has 0 aliphatic heterocycles. The fourth-order valence-electron chi connectivity index (χ4n) is 10.5. The summed E-state index contributed by atoms with van der Waals surface area (Å²) in [5, 5.41) is 1.34. The average Bonchev–Trinajstić information content (AvgIpc) is 3.96. The molecule has 0 radical (unpaired) electrons. The van der Waals surface area contributed by atoms with Gasteiger partial charge < -0.3 is 0 Å². The van der Waals surface area contributed by atoms with Crippen LogP contribution in [0.3, 0.4) is 0 Å². The quantitative estimate of drug-likeness (QED) is 0.141. The molecule has 0 nitrogen and oxygen atoms in total. The number of hydrogen-bond acceptors (Lipinski definition) is 1. The second-order valence-corrected chi connectivity index (χ2v) is 17.7. The lowest BCUT2D eigenvalue weighted by atomic mass is 9.73. The zero-order valence-corrected chi connectivity index (χ0v) is 34.6. The Morgan fingerprint density at radius 1 is 0.541 bits per heavy atom. The molecule has 288 valence electrons. The van der Waals surface area contributed by atoms with Gasteiger partial charge in [0, 0.05) is 26.4 Å². The van der Waals surface area contributed by atoms with Crippen LogP contribution in [0.15, 0.2) is 218 Å². The van der Waals surface area contributed by atoms with Crippen LogP contribution in [0.1, 0.15) is 56.2 Å². The third-order valence-corrected chi connectivity index (χ3v) is 14.6. The maximum absolute atomic E-state index is 2.53. The van der Waals surface area contributed by atoms with Crippen LogP contribution in [-0.4, -0.2) is 0 Å². The monoisotopic (exact) mass is 794 g/mol. The molecule has 3 aliphatic carbocycles. The summed E-state index contributed by atoms with van der Waals surface area (Å²) in [6.45, 7) is 0. The molecule has 0 bridgehead atoms. The first-order chi connectivity index (χ1) is 30.2. The molecule has 1 heteroatoms. The van der Waals surface area contributed by atoms with Crippen LogP contribution in [0.5, 0.6) is 0 Å². The maximum atomic E-state index is 2.53. The number of hydrogen-bond donors (Lipinski definition) is 0. The minimum Gasteiger partial charge on any atom is -0.138 e. The van der Waals surface area contributed by atoms with Gasteiger partial charge in [-0.2, -0.15) is 0 Å². The molecule has 0 saturated heterocycles. The van der Waals surface area contributed by atoms with Crippen molar-refractivity contribution in [1.29, 1.82) is 0 Å². The second kappa shape index (κ2) is 14.6. The molecule has 61 heavy (non-hydrogen) atoms. The number of fused-ring (bicyclic) bond motifs is 12. The van der Waals surface area contributed by atoms with Gasteiger partial charge in [-0.15, -0.1) is 11.3 Å². The summed E-state index contributed by atoms with van der Waals surface area (Å²) in [4.78, 5) is 1.44. The predicted molar refractivity (Wildman–Crippen MR) is 259 cm³/mol. The lowest BCUT2D eigenvalue weighted by Crippen LogP contribution is -2.24. The Labute approximate surface area is 362 Å². The minimum atomic E-state index is -0.365. The van der Waals surface area contributed by atoms with Gasteiger partial charge in [0.05, 0.1) is 5.41 Å². The van der Waals surface area contributed by atoms with Gasteiger partial charge >= 0.3 is 0 Å². The number of allylic oxidation sites excluding steroid dienone is 5. The van der Waals surface area contributed by atoms with Crippen LogP contribution in [0.4, 0.5) is 0 Å². The third kappa shape index (κ3) is 5.80. The van der Waals surface area contributed by atoms with E-state index < -0.39 is 0 Å². The van der Waals surface area contributed by atoms with Gasteiger partial charge in [0.25, 0.3) is 0 Å². The van der Waals surface area contributed by atoms with E-state index in [4.69, 9.17) is 0 Å². The highest BCUT2D eigenvalue weighted by molar-refractivity contribution is 7.20. The Morgan fingerprint density at radius 2 is 1.20 bits per heavy atom. The fraction of sp³-hybridized carbons (Fsp3) is 0.0667. The molecule has 0 fully saturated rings. The van der Waals surface area contributed by atoms with Gasteiger partial charge in [-0.3, -0.25) is 0 Å². The van der Waals surface area contributed by atoms with Crippen LogP contribution in [0.25, 0.3) is 66.2 Å². The van der Waals surface area contributed by atoms with Crippen molar-refractivity contribution < 1.29 is 0 Å². The molecule has 12 rings (SSSR count). The Hall–Kier alpha value is -7.06. The summed E-state index contributed by atoms with van der Waals surface area (Å²) in [6, 6.07) is 72.7. The van der Waals surface area contributed by atoms with Gasteiger partial charge in [-0.1, -0.05) is 212 Å². The van der Waals surface area contributed by atoms with Crippen molar-refractivity contribution >= 4 is 33.1 Å². The van der Waals surface area contributed by atoms with E-state index in [1.54, 1.807) is 0 Å². The van der Waals surface area contributed by atoms with E-state index in [0.29, 0.717) is 5.92 Å². The van der Waals surface area contributed by atoms with Crippen molar-refractivity contribution in [3.8, 4) is 44.5 Å². The Bertz CT molecular complexity index is 3180. The zero-order valence-electron chi connectivity index (χ0n) is 33.8. The maximum Gasteiger partial charge on any atom is 0.0819 e. The van der Waals surface area contributed by atoms with E-state index >= 15 is 0 Å².